The number of hydrogen-bond donors (Lipinski definition) is 1. The molecule has 106 valence electrons. The fourth-order valence-corrected chi connectivity index (χ4v) is 3.62. The van der Waals surface area contributed by atoms with Gasteiger partial charge in [0.15, 0.2) is 10.8 Å². The van der Waals surface area contributed by atoms with Gasteiger partial charge in [0.05, 0.1) is 12.0 Å². The van der Waals surface area contributed by atoms with Crippen LogP contribution in [0.5, 0.6) is 0 Å². The Bertz CT molecular complexity index is 788. The summed E-state index contributed by atoms with van der Waals surface area (Å²) in [4.78, 5) is 4.74. The first kappa shape index (κ1) is 12.8. The van der Waals surface area contributed by atoms with Gasteiger partial charge in [0.25, 0.3) is 0 Å². The molecule has 0 unspecified atom stereocenters. The first-order valence-electron chi connectivity index (χ1n) is 7.14. The summed E-state index contributed by atoms with van der Waals surface area (Å²) < 4.78 is 5.53. The van der Waals surface area contributed by atoms with E-state index in [0.29, 0.717) is 0 Å². The smallest absolute Gasteiger partial charge is 0.165 e. The summed E-state index contributed by atoms with van der Waals surface area (Å²) >= 11 is 1.64. The molecular formula is C17H16N2OS. The van der Waals surface area contributed by atoms with Gasteiger partial charge in [-0.2, -0.15) is 0 Å². The predicted molar refractivity (Wildman–Crippen MR) is 85.4 cm³/mol. The Morgan fingerprint density at radius 3 is 3.05 bits per heavy atom. The minimum Gasteiger partial charge on any atom is -0.462 e. The molecule has 0 saturated carbocycles. The highest BCUT2D eigenvalue weighted by molar-refractivity contribution is 7.13. The molecule has 1 aliphatic heterocycles. The zero-order chi connectivity index (χ0) is 14.2. The summed E-state index contributed by atoms with van der Waals surface area (Å²) in [5.41, 5.74) is 6.21. The molecule has 0 spiro atoms. The standard InChI is InChI=1S/C17H16N2OS/c1-11-5-7-20-16(11)17-19-15(10-21-17)13-2-3-14-9-18-6-4-12(14)8-13/h2-3,5,7-8,10,18H,4,6,9H2,1H3. The van der Waals surface area contributed by atoms with Crippen LogP contribution in [0, 0.1) is 6.92 Å². The maximum absolute atomic E-state index is 5.53. The molecule has 0 radical (unpaired) electrons. The molecule has 0 saturated heterocycles. The number of furan rings is 1. The van der Waals surface area contributed by atoms with E-state index in [0.717, 1.165) is 41.5 Å². The second-order valence-electron chi connectivity index (χ2n) is 5.38. The van der Waals surface area contributed by atoms with Crippen molar-refractivity contribution in [3.05, 3.63) is 52.6 Å². The summed E-state index contributed by atoms with van der Waals surface area (Å²) in [5.74, 6) is 0.883. The molecule has 0 fully saturated rings. The van der Waals surface area contributed by atoms with E-state index in [1.54, 1.807) is 17.6 Å². The Hall–Kier alpha value is -1.91. The lowest BCUT2D eigenvalue weighted by atomic mass is 9.98. The van der Waals surface area contributed by atoms with Crippen LogP contribution in [0.25, 0.3) is 22.0 Å². The summed E-state index contributed by atoms with van der Waals surface area (Å²) in [6.45, 7) is 4.08. The van der Waals surface area contributed by atoms with E-state index < -0.39 is 0 Å². The zero-order valence-corrected chi connectivity index (χ0v) is 12.7. The molecule has 0 amide bonds. The van der Waals surface area contributed by atoms with E-state index in [1.165, 1.54) is 16.7 Å². The minimum absolute atomic E-state index is 0.883. The van der Waals surface area contributed by atoms with Gasteiger partial charge in [-0.1, -0.05) is 12.1 Å². The van der Waals surface area contributed by atoms with Gasteiger partial charge in [-0.05, 0) is 48.7 Å². The number of benzene rings is 1. The van der Waals surface area contributed by atoms with Crippen LogP contribution in [0.15, 0.2) is 40.3 Å². The topological polar surface area (TPSA) is 38.1 Å². The van der Waals surface area contributed by atoms with Crippen molar-refractivity contribution in [1.82, 2.24) is 10.3 Å². The normalized spacial score (nSPS) is 14.1. The summed E-state index contributed by atoms with van der Waals surface area (Å²) in [6.07, 6.45) is 2.81. The largest absolute Gasteiger partial charge is 0.462 e. The molecule has 1 aromatic carbocycles. The van der Waals surface area contributed by atoms with Crippen LogP contribution in [-0.4, -0.2) is 11.5 Å². The average Bonchev–Trinajstić information content (AvgIpc) is 3.15. The van der Waals surface area contributed by atoms with Crippen molar-refractivity contribution < 1.29 is 4.42 Å². The van der Waals surface area contributed by atoms with Crippen LogP contribution in [0.3, 0.4) is 0 Å². The van der Waals surface area contributed by atoms with E-state index >= 15 is 0 Å². The van der Waals surface area contributed by atoms with Crippen molar-refractivity contribution in [3.8, 4) is 22.0 Å². The van der Waals surface area contributed by atoms with Gasteiger partial charge in [0.1, 0.15) is 0 Å². The second kappa shape index (κ2) is 5.13. The SMILES string of the molecule is Cc1ccoc1-c1nc(-c2ccc3c(c2)CCNC3)cs1. The van der Waals surface area contributed by atoms with Gasteiger partial charge in [-0.25, -0.2) is 4.98 Å². The molecule has 4 rings (SSSR count). The molecule has 3 aromatic rings. The highest BCUT2D eigenvalue weighted by Crippen LogP contribution is 2.32. The number of fused-ring (bicyclic) bond motifs is 1. The Morgan fingerprint density at radius 1 is 1.24 bits per heavy atom. The van der Waals surface area contributed by atoms with E-state index in [-0.39, 0.29) is 0 Å². The van der Waals surface area contributed by atoms with Crippen molar-refractivity contribution in [2.45, 2.75) is 19.9 Å². The molecule has 1 N–H and O–H groups in total. The van der Waals surface area contributed by atoms with Crippen LogP contribution in [0.2, 0.25) is 0 Å². The average molecular weight is 296 g/mol. The van der Waals surface area contributed by atoms with Crippen molar-refractivity contribution in [3.63, 3.8) is 0 Å². The van der Waals surface area contributed by atoms with Crippen LogP contribution in [-0.2, 0) is 13.0 Å². The number of aryl methyl sites for hydroxylation is 1. The maximum Gasteiger partial charge on any atom is 0.165 e. The molecule has 0 aliphatic carbocycles. The van der Waals surface area contributed by atoms with Gasteiger partial charge >= 0.3 is 0 Å². The zero-order valence-electron chi connectivity index (χ0n) is 11.8. The molecular weight excluding hydrogens is 280 g/mol. The predicted octanol–water partition coefficient (Wildman–Crippen LogP) is 4.02. The van der Waals surface area contributed by atoms with Crippen LogP contribution >= 0.6 is 11.3 Å². The molecule has 21 heavy (non-hydrogen) atoms. The number of hydrogen-bond acceptors (Lipinski definition) is 4. The Balaban J connectivity index is 1.71. The summed E-state index contributed by atoms with van der Waals surface area (Å²) in [5, 5.41) is 6.47. The third-order valence-electron chi connectivity index (χ3n) is 3.95. The lowest BCUT2D eigenvalue weighted by Gasteiger charge is -2.17. The monoisotopic (exact) mass is 296 g/mol. The van der Waals surface area contributed by atoms with Crippen LogP contribution in [0.1, 0.15) is 16.7 Å². The van der Waals surface area contributed by atoms with Crippen molar-refractivity contribution >= 4 is 11.3 Å². The van der Waals surface area contributed by atoms with Gasteiger partial charge in [0.2, 0.25) is 0 Å². The van der Waals surface area contributed by atoms with Crippen molar-refractivity contribution in [2.75, 3.05) is 6.54 Å². The first-order valence-corrected chi connectivity index (χ1v) is 8.02. The molecule has 1 aliphatic rings. The van der Waals surface area contributed by atoms with Gasteiger partial charge in [-0.15, -0.1) is 11.3 Å². The Labute approximate surface area is 127 Å². The van der Waals surface area contributed by atoms with Crippen molar-refractivity contribution in [1.29, 1.82) is 0 Å². The molecule has 0 atom stereocenters. The van der Waals surface area contributed by atoms with Crippen molar-refractivity contribution in [2.24, 2.45) is 0 Å². The maximum atomic E-state index is 5.53. The fourth-order valence-electron chi connectivity index (χ4n) is 2.74. The van der Waals surface area contributed by atoms with Gasteiger partial charge < -0.3 is 9.73 Å². The van der Waals surface area contributed by atoms with Crippen LogP contribution < -0.4 is 5.32 Å². The first-order chi connectivity index (χ1) is 10.3. The molecule has 4 heteroatoms. The highest BCUT2D eigenvalue weighted by atomic mass is 32.1. The van der Waals surface area contributed by atoms with E-state index in [9.17, 15) is 0 Å². The number of thiazole rings is 1. The second-order valence-corrected chi connectivity index (χ2v) is 6.24. The molecule has 2 aromatic heterocycles. The van der Waals surface area contributed by atoms with Crippen LogP contribution in [0.4, 0.5) is 0 Å². The number of rotatable bonds is 2. The molecule has 3 nitrogen and oxygen atoms in total. The number of nitrogens with zero attached hydrogens (tertiary/aromatic N) is 1. The number of aromatic nitrogens is 1. The van der Waals surface area contributed by atoms with E-state index in [4.69, 9.17) is 9.40 Å². The lowest BCUT2D eigenvalue weighted by molar-refractivity contribution is 0.580. The Kier molecular flexibility index (Phi) is 3.13. The Morgan fingerprint density at radius 2 is 2.19 bits per heavy atom. The lowest BCUT2D eigenvalue weighted by Crippen LogP contribution is -2.23. The summed E-state index contributed by atoms with van der Waals surface area (Å²) in [7, 11) is 0. The molecule has 0 bridgehead atoms. The minimum atomic E-state index is 0.883. The summed E-state index contributed by atoms with van der Waals surface area (Å²) in [6, 6.07) is 8.64. The number of nitrogens with one attached hydrogen (secondary N) is 1. The van der Waals surface area contributed by atoms with E-state index in [2.05, 4.69) is 28.9 Å². The third-order valence-corrected chi connectivity index (χ3v) is 4.79. The fraction of sp³-hybridized carbons (Fsp3) is 0.235. The third kappa shape index (κ3) is 2.30. The highest BCUT2D eigenvalue weighted by Gasteiger charge is 2.14. The van der Waals surface area contributed by atoms with Gasteiger partial charge in [0, 0.05) is 17.5 Å². The van der Waals surface area contributed by atoms with Gasteiger partial charge in [-0.3, -0.25) is 0 Å². The quantitative estimate of drug-likeness (QED) is 0.776. The molecule has 3 heterocycles. The van der Waals surface area contributed by atoms with E-state index in [1.807, 2.05) is 13.0 Å².